The van der Waals surface area contributed by atoms with Gasteiger partial charge in [0.05, 0.1) is 5.54 Å². The lowest BCUT2D eigenvalue weighted by Crippen LogP contribution is -2.61. The van der Waals surface area contributed by atoms with Gasteiger partial charge in [-0.2, -0.15) is 0 Å². The molecular weight excluding hydrogens is 410 g/mol. The fourth-order valence-corrected chi connectivity index (χ4v) is 5.01. The lowest BCUT2D eigenvalue weighted by molar-refractivity contribution is 0.0610. The summed E-state index contributed by atoms with van der Waals surface area (Å²) in [4.78, 5) is 13.2. The van der Waals surface area contributed by atoms with Crippen LogP contribution in [0.4, 0.5) is 5.69 Å². The average molecular weight is 438 g/mol. The van der Waals surface area contributed by atoms with E-state index in [1.165, 1.54) is 5.56 Å². The van der Waals surface area contributed by atoms with Crippen molar-refractivity contribution in [2.75, 3.05) is 31.6 Å². The molecule has 0 amide bonds. The molecule has 0 spiro atoms. The van der Waals surface area contributed by atoms with Gasteiger partial charge in [0.1, 0.15) is 0 Å². The van der Waals surface area contributed by atoms with E-state index in [9.17, 15) is 4.79 Å². The summed E-state index contributed by atoms with van der Waals surface area (Å²) in [6, 6.07) is 14.2. The Morgan fingerprint density at radius 2 is 2.00 bits per heavy atom. The highest BCUT2D eigenvalue weighted by atomic mass is 35.5. The molecule has 6 heteroatoms. The number of anilines is 1. The maximum atomic E-state index is 13.2. The van der Waals surface area contributed by atoms with E-state index in [0.717, 1.165) is 72.7 Å². The lowest BCUT2D eigenvalue weighted by Gasteiger charge is -2.45. The number of rotatable bonds is 5. The van der Waals surface area contributed by atoms with Crippen molar-refractivity contribution in [3.05, 3.63) is 75.2 Å². The molecule has 2 N–H and O–H groups in total. The maximum absolute atomic E-state index is 13.2. The molecule has 3 aromatic rings. The zero-order valence-corrected chi connectivity index (χ0v) is 18.5. The summed E-state index contributed by atoms with van der Waals surface area (Å²) in [6.45, 7) is 6.03. The molecule has 0 aliphatic carbocycles. The van der Waals surface area contributed by atoms with Crippen LogP contribution in [0, 0.1) is 12.8 Å². The number of benzene rings is 2. The van der Waals surface area contributed by atoms with Gasteiger partial charge in [-0.05, 0) is 66.5 Å². The van der Waals surface area contributed by atoms with E-state index in [4.69, 9.17) is 16.3 Å². The van der Waals surface area contributed by atoms with Gasteiger partial charge in [0, 0.05) is 55.1 Å². The summed E-state index contributed by atoms with van der Waals surface area (Å²) in [7, 11) is 0. The molecule has 0 saturated carbocycles. The molecule has 3 heterocycles. The van der Waals surface area contributed by atoms with Crippen LogP contribution in [0.15, 0.2) is 53.5 Å². The highest BCUT2D eigenvalue weighted by molar-refractivity contribution is 6.31. The van der Waals surface area contributed by atoms with Crippen molar-refractivity contribution in [2.45, 2.75) is 31.8 Å². The van der Waals surface area contributed by atoms with E-state index in [2.05, 4.69) is 29.7 Å². The Hall–Kier alpha value is -2.34. The Morgan fingerprint density at radius 3 is 2.74 bits per heavy atom. The molecule has 1 aromatic heterocycles. The van der Waals surface area contributed by atoms with Gasteiger partial charge < -0.3 is 19.9 Å². The smallest absolute Gasteiger partial charge is 0.258 e. The normalized spacial score (nSPS) is 18.6. The second-order valence-corrected chi connectivity index (χ2v) is 9.26. The van der Waals surface area contributed by atoms with Gasteiger partial charge in [0.15, 0.2) is 0 Å². The Balaban J connectivity index is 1.47. The van der Waals surface area contributed by atoms with Gasteiger partial charge in [0.2, 0.25) is 0 Å². The minimum atomic E-state index is -0.224. The summed E-state index contributed by atoms with van der Waals surface area (Å²) in [5.41, 5.74) is 3.10. The minimum Gasteiger partial charge on any atom is -0.381 e. The number of halogens is 1. The fourth-order valence-electron chi connectivity index (χ4n) is 4.83. The largest absolute Gasteiger partial charge is 0.381 e. The molecule has 2 aliphatic rings. The molecule has 0 radical (unpaired) electrons. The predicted molar refractivity (Wildman–Crippen MR) is 126 cm³/mol. The first-order valence-electron chi connectivity index (χ1n) is 11.0. The highest BCUT2D eigenvalue weighted by Crippen LogP contribution is 2.35. The molecule has 2 fully saturated rings. The maximum Gasteiger partial charge on any atom is 0.258 e. The second kappa shape index (κ2) is 8.30. The van der Waals surface area contributed by atoms with E-state index < -0.39 is 0 Å². The Labute approximate surface area is 187 Å². The van der Waals surface area contributed by atoms with E-state index in [-0.39, 0.29) is 11.1 Å². The van der Waals surface area contributed by atoms with Crippen molar-refractivity contribution in [2.24, 2.45) is 5.92 Å². The molecule has 0 unspecified atom stereocenters. The second-order valence-electron chi connectivity index (χ2n) is 8.85. The summed E-state index contributed by atoms with van der Waals surface area (Å²) in [5, 5.41) is 9.60. The Bertz CT molecular complexity index is 1160. The SMILES string of the molecule is Cc1c(Cl)cccc1C1(Nc2ccc3ccn(CC4CCOCC4)c(=O)c3c2)CNC1. The minimum absolute atomic E-state index is 0.0763. The van der Waals surface area contributed by atoms with E-state index in [1.54, 1.807) is 0 Å². The molecular formula is C25H28ClN3O2. The predicted octanol–water partition coefficient (Wildman–Crippen LogP) is 4.30. The van der Waals surface area contributed by atoms with Crippen molar-refractivity contribution in [3.63, 3.8) is 0 Å². The molecule has 0 bridgehead atoms. The number of fused-ring (bicyclic) bond motifs is 1. The van der Waals surface area contributed by atoms with E-state index >= 15 is 0 Å². The van der Waals surface area contributed by atoms with Crippen molar-refractivity contribution in [1.29, 1.82) is 0 Å². The number of aromatic nitrogens is 1. The third-order valence-electron chi connectivity index (χ3n) is 6.79. The Morgan fingerprint density at radius 1 is 1.19 bits per heavy atom. The molecule has 2 aromatic carbocycles. The molecule has 31 heavy (non-hydrogen) atoms. The first-order chi connectivity index (χ1) is 15.1. The van der Waals surface area contributed by atoms with Crippen LogP contribution < -0.4 is 16.2 Å². The average Bonchev–Trinajstić information content (AvgIpc) is 2.76. The van der Waals surface area contributed by atoms with Crippen LogP contribution >= 0.6 is 11.6 Å². The van der Waals surface area contributed by atoms with Crippen LogP contribution in [0.1, 0.15) is 24.0 Å². The number of nitrogens with zero attached hydrogens (tertiary/aromatic N) is 1. The first kappa shape index (κ1) is 20.6. The van der Waals surface area contributed by atoms with Crippen LogP contribution in [0.2, 0.25) is 5.02 Å². The van der Waals surface area contributed by atoms with Gasteiger partial charge in [-0.1, -0.05) is 29.8 Å². The van der Waals surface area contributed by atoms with Crippen LogP contribution in [0.3, 0.4) is 0 Å². The number of pyridine rings is 1. The topological polar surface area (TPSA) is 55.3 Å². The third-order valence-corrected chi connectivity index (χ3v) is 7.20. The van der Waals surface area contributed by atoms with Crippen molar-refractivity contribution in [1.82, 2.24) is 9.88 Å². The summed E-state index contributed by atoms with van der Waals surface area (Å²) in [6.07, 6.45) is 3.96. The summed E-state index contributed by atoms with van der Waals surface area (Å²) < 4.78 is 7.32. The number of hydrogen-bond donors (Lipinski definition) is 2. The molecule has 2 saturated heterocycles. The van der Waals surface area contributed by atoms with Gasteiger partial charge in [-0.3, -0.25) is 4.79 Å². The zero-order chi connectivity index (χ0) is 21.4. The zero-order valence-electron chi connectivity index (χ0n) is 17.8. The summed E-state index contributed by atoms with van der Waals surface area (Å²) >= 11 is 6.40. The summed E-state index contributed by atoms with van der Waals surface area (Å²) in [5.74, 6) is 0.500. The van der Waals surface area contributed by atoms with Gasteiger partial charge in [-0.15, -0.1) is 0 Å². The van der Waals surface area contributed by atoms with E-state index in [0.29, 0.717) is 5.92 Å². The van der Waals surface area contributed by atoms with Crippen LogP contribution in [0.5, 0.6) is 0 Å². The first-order valence-corrected chi connectivity index (χ1v) is 11.4. The molecule has 2 aliphatic heterocycles. The number of hydrogen-bond acceptors (Lipinski definition) is 4. The molecule has 162 valence electrons. The van der Waals surface area contributed by atoms with Gasteiger partial charge >= 0.3 is 0 Å². The van der Waals surface area contributed by atoms with Crippen LogP contribution in [0.25, 0.3) is 10.8 Å². The Kier molecular flexibility index (Phi) is 5.51. The van der Waals surface area contributed by atoms with Crippen molar-refractivity contribution >= 4 is 28.1 Å². The standard InChI is InChI=1S/C25H28ClN3O2/c1-17-22(3-2-4-23(17)26)25(15-27-16-25)28-20-6-5-19-7-10-29(24(30)21(19)13-20)14-18-8-11-31-12-9-18/h2-7,10,13,18,27-28H,8-9,11-12,14-16H2,1H3. The highest BCUT2D eigenvalue weighted by Gasteiger charge is 2.40. The quantitative estimate of drug-likeness (QED) is 0.624. The molecule has 5 rings (SSSR count). The van der Waals surface area contributed by atoms with Gasteiger partial charge in [-0.25, -0.2) is 0 Å². The van der Waals surface area contributed by atoms with Crippen LogP contribution in [-0.2, 0) is 16.8 Å². The molecule has 0 atom stereocenters. The third kappa shape index (κ3) is 3.86. The van der Waals surface area contributed by atoms with E-state index in [1.807, 2.05) is 41.1 Å². The molecule has 5 nitrogen and oxygen atoms in total. The number of ether oxygens (including phenoxy) is 1. The van der Waals surface area contributed by atoms with Gasteiger partial charge in [0.25, 0.3) is 5.56 Å². The fraction of sp³-hybridized carbons (Fsp3) is 0.400. The van der Waals surface area contributed by atoms with Crippen molar-refractivity contribution in [3.8, 4) is 0 Å². The van der Waals surface area contributed by atoms with Crippen molar-refractivity contribution < 1.29 is 4.74 Å². The van der Waals surface area contributed by atoms with Crippen LogP contribution in [-0.4, -0.2) is 30.9 Å². The lowest BCUT2D eigenvalue weighted by atomic mass is 9.81. The monoisotopic (exact) mass is 437 g/mol. The number of nitrogens with one attached hydrogen (secondary N) is 2.